The molecule has 150 valence electrons. The van der Waals surface area contributed by atoms with Gasteiger partial charge in [-0.25, -0.2) is 4.79 Å². The summed E-state index contributed by atoms with van der Waals surface area (Å²) in [6.07, 6.45) is 3.84. The lowest BCUT2D eigenvalue weighted by molar-refractivity contribution is -0.122. The summed E-state index contributed by atoms with van der Waals surface area (Å²) >= 11 is 1.48. The lowest BCUT2D eigenvalue weighted by Crippen LogP contribution is -2.32. The van der Waals surface area contributed by atoms with Gasteiger partial charge in [0.25, 0.3) is 5.91 Å². The third kappa shape index (κ3) is 4.22. The molecule has 0 bridgehead atoms. The van der Waals surface area contributed by atoms with E-state index in [4.69, 9.17) is 9.47 Å². The van der Waals surface area contributed by atoms with Gasteiger partial charge in [0.2, 0.25) is 0 Å². The van der Waals surface area contributed by atoms with Gasteiger partial charge >= 0.3 is 5.97 Å². The zero-order valence-corrected chi connectivity index (χ0v) is 17.7. The topological polar surface area (TPSA) is 64.6 Å². The van der Waals surface area contributed by atoms with Gasteiger partial charge in [0.15, 0.2) is 6.10 Å². The summed E-state index contributed by atoms with van der Waals surface area (Å²) in [4.78, 5) is 26.4. The number of rotatable bonds is 6. The van der Waals surface area contributed by atoms with E-state index >= 15 is 0 Å². The smallest absolute Gasteiger partial charge is 0.341 e. The molecule has 0 saturated heterocycles. The highest BCUT2D eigenvalue weighted by Crippen LogP contribution is 2.38. The van der Waals surface area contributed by atoms with E-state index in [2.05, 4.69) is 5.32 Å². The van der Waals surface area contributed by atoms with E-state index in [1.165, 1.54) is 28.9 Å². The molecule has 0 radical (unpaired) electrons. The van der Waals surface area contributed by atoms with Gasteiger partial charge in [-0.2, -0.15) is 0 Å². The van der Waals surface area contributed by atoms with Crippen LogP contribution in [0.5, 0.6) is 5.75 Å². The van der Waals surface area contributed by atoms with Crippen LogP contribution in [0.15, 0.2) is 18.2 Å². The molecule has 2 aromatic rings. The molecule has 28 heavy (non-hydrogen) atoms. The molecule has 1 aliphatic carbocycles. The summed E-state index contributed by atoms with van der Waals surface area (Å²) in [6, 6.07) is 5.80. The van der Waals surface area contributed by atoms with Crippen molar-refractivity contribution in [3.05, 3.63) is 45.3 Å². The molecule has 3 rings (SSSR count). The molecule has 0 fully saturated rings. The molecular weight excluding hydrogens is 374 g/mol. The first-order chi connectivity index (χ1) is 13.4. The number of nitrogens with one attached hydrogen (secondary N) is 1. The van der Waals surface area contributed by atoms with Crippen LogP contribution >= 0.6 is 11.3 Å². The third-order valence-electron chi connectivity index (χ3n) is 5.22. The molecule has 1 unspecified atom stereocenters. The highest BCUT2D eigenvalue weighted by atomic mass is 32.1. The zero-order valence-electron chi connectivity index (χ0n) is 16.9. The third-order valence-corrected chi connectivity index (χ3v) is 6.42. The normalized spacial score (nSPS) is 14.1. The summed E-state index contributed by atoms with van der Waals surface area (Å²) in [7, 11) is 1.37. The van der Waals surface area contributed by atoms with Crippen LogP contribution < -0.4 is 10.1 Å². The van der Waals surface area contributed by atoms with E-state index in [0.29, 0.717) is 22.7 Å². The number of methoxy groups -OCH3 is 1. The van der Waals surface area contributed by atoms with Crippen molar-refractivity contribution >= 4 is 28.2 Å². The number of carbonyl (C=O) groups is 2. The highest BCUT2D eigenvalue weighted by molar-refractivity contribution is 7.17. The Bertz CT molecular complexity index is 887. The first-order valence-electron chi connectivity index (χ1n) is 9.72. The number of benzene rings is 1. The summed E-state index contributed by atoms with van der Waals surface area (Å²) in [5, 5.41) is 3.51. The Morgan fingerprint density at radius 3 is 2.61 bits per heavy atom. The Labute approximate surface area is 170 Å². The van der Waals surface area contributed by atoms with E-state index in [0.717, 1.165) is 36.8 Å². The number of hydrogen-bond acceptors (Lipinski definition) is 5. The van der Waals surface area contributed by atoms with Crippen LogP contribution in [0.2, 0.25) is 0 Å². The monoisotopic (exact) mass is 401 g/mol. The van der Waals surface area contributed by atoms with E-state index in [1.807, 2.05) is 39.0 Å². The molecule has 1 aromatic heterocycles. The SMILES string of the molecule is CCC(Oc1ccc(C)c(C)c1)C(=O)Nc1sc2c(c1C(=O)OC)CCCC2. The fourth-order valence-electron chi connectivity index (χ4n) is 3.44. The van der Waals surface area contributed by atoms with Gasteiger partial charge < -0.3 is 14.8 Å². The highest BCUT2D eigenvalue weighted by Gasteiger charge is 2.28. The first kappa shape index (κ1) is 20.4. The Kier molecular flexibility index (Phi) is 6.39. The largest absolute Gasteiger partial charge is 0.481 e. The van der Waals surface area contributed by atoms with Gasteiger partial charge in [0.1, 0.15) is 10.8 Å². The second kappa shape index (κ2) is 8.78. The molecule has 5 nitrogen and oxygen atoms in total. The van der Waals surface area contributed by atoms with Crippen molar-refractivity contribution in [2.45, 2.75) is 59.0 Å². The predicted molar refractivity (Wildman–Crippen MR) is 112 cm³/mol. The molecule has 0 saturated carbocycles. The standard InChI is InChI=1S/C22H27NO4S/c1-5-17(27-15-11-10-13(2)14(3)12-15)20(24)23-21-19(22(25)26-4)16-8-6-7-9-18(16)28-21/h10-12,17H,5-9H2,1-4H3,(H,23,24). The van der Waals surface area contributed by atoms with Crippen molar-refractivity contribution in [1.29, 1.82) is 0 Å². The van der Waals surface area contributed by atoms with Gasteiger partial charge in [-0.15, -0.1) is 11.3 Å². The maximum atomic E-state index is 12.9. The van der Waals surface area contributed by atoms with E-state index < -0.39 is 12.1 Å². The number of esters is 1. The van der Waals surface area contributed by atoms with Crippen LogP contribution in [0, 0.1) is 13.8 Å². The van der Waals surface area contributed by atoms with E-state index in [-0.39, 0.29) is 5.91 Å². The molecule has 1 atom stereocenters. The van der Waals surface area contributed by atoms with E-state index in [1.54, 1.807) is 0 Å². The number of thiophene rings is 1. The molecule has 1 amide bonds. The molecular formula is C22H27NO4S. The van der Waals surface area contributed by atoms with Crippen LogP contribution in [0.1, 0.15) is 58.1 Å². The number of ether oxygens (including phenoxy) is 2. The van der Waals surface area contributed by atoms with Crippen molar-refractivity contribution in [2.24, 2.45) is 0 Å². The van der Waals surface area contributed by atoms with Crippen LogP contribution in [0.4, 0.5) is 5.00 Å². The Hall–Kier alpha value is -2.34. The fourth-order valence-corrected chi connectivity index (χ4v) is 4.72. The minimum Gasteiger partial charge on any atom is -0.481 e. The zero-order chi connectivity index (χ0) is 20.3. The summed E-state index contributed by atoms with van der Waals surface area (Å²) in [5.41, 5.74) is 3.83. The van der Waals surface area contributed by atoms with Crippen LogP contribution in [0.25, 0.3) is 0 Å². The molecule has 6 heteroatoms. The van der Waals surface area contributed by atoms with E-state index in [9.17, 15) is 9.59 Å². The van der Waals surface area contributed by atoms with Crippen LogP contribution in [0.3, 0.4) is 0 Å². The predicted octanol–water partition coefficient (Wildman–Crippen LogP) is 4.83. The van der Waals surface area contributed by atoms with Crippen LogP contribution in [-0.4, -0.2) is 25.1 Å². The average Bonchev–Trinajstić information content (AvgIpc) is 3.05. The number of anilines is 1. The lowest BCUT2D eigenvalue weighted by atomic mass is 9.95. The van der Waals surface area contributed by atoms with Gasteiger partial charge in [-0.3, -0.25) is 4.79 Å². The number of aryl methyl sites for hydroxylation is 3. The minimum absolute atomic E-state index is 0.246. The second-order valence-corrected chi connectivity index (χ2v) is 8.26. The van der Waals surface area contributed by atoms with Crippen molar-refractivity contribution in [3.63, 3.8) is 0 Å². The van der Waals surface area contributed by atoms with Gasteiger partial charge in [-0.05, 0) is 74.8 Å². The molecule has 1 heterocycles. The molecule has 1 aliphatic rings. The Morgan fingerprint density at radius 1 is 1.18 bits per heavy atom. The number of amides is 1. The molecule has 1 N–H and O–H groups in total. The second-order valence-electron chi connectivity index (χ2n) is 7.16. The quantitative estimate of drug-likeness (QED) is 0.705. The van der Waals surface area contributed by atoms with Crippen molar-refractivity contribution in [3.8, 4) is 5.75 Å². The van der Waals surface area contributed by atoms with Crippen molar-refractivity contribution in [2.75, 3.05) is 12.4 Å². The van der Waals surface area contributed by atoms with Gasteiger partial charge in [0, 0.05) is 4.88 Å². The van der Waals surface area contributed by atoms with Gasteiger partial charge in [-0.1, -0.05) is 13.0 Å². The average molecular weight is 402 g/mol. The maximum Gasteiger partial charge on any atom is 0.341 e. The summed E-state index contributed by atoms with van der Waals surface area (Å²) in [6.45, 7) is 5.96. The van der Waals surface area contributed by atoms with Crippen LogP contribution in [-0.2, 0) is 22.4 Å². The minimum atomic E-state index is -0.633. The molecule has 1 aromatic carbocycles. The number of carbonyl (C=O) groups excluding carboxylic acids is 2. The number of fused-ring (bicyclic) bond motifs is 1. The Morgan fingerprint density at radius 2 is 1.93 bits per heavy atom. The summed E-state index contributed by atoms with van der Waals surface area (Å²) < 4.78 is 10.9. The van der Waals surface area contributed by atoms with Gasteiger partial charge in [0.05, 0.1) is 12.7 Å². The lowest BCUT2D eigenvalue weighted by Gasteiger charge is -2.18. The number of hydrogen-bond donors (Lipinski definition) is 1. The first-order valence-corrected chi connectivity index (χ1v) is 10.5. The Balaban J connectivity index is 1.81. The maximum absolute atomic E-state index is 12.9. The molecule has 0 aliphatic heterocycles. The van der Waals surface area contributed by atoms with Crippen molar-refractivity contribution < 1.29 is 19.1 Å². The van der Waals surface area contributed by atoms with Crippen molar-refractivity contribution in [1.82, 2.24) is 0 Å². The fraction of sp³-hybridized carbons (Fsp3) is 0.455. The molecule has 0 spiro atoms. The summed E-state index contributed by atoms with van der Waals surface area (Å²) in [5.74, 6) is 0.0334.